The summed E-state index contributed by atoms with van der Waals surface area (Å²) in [6.07, 6.45) is 1.77. The van der Waals surface area contributed by atoms with Crippen LogP contribution in [0.25, 0.3) is 5.69 Å². The van der Waals surface area contributed by atoms with E-state index in [0.717, 1.165) is 11.3 Å². The van der Waals surface area contributed by atoms with Crippen LogP contribution >= 0.6 is 0 Å². The van der Waals surface area contributed by atoms with Crippen LogP contribution in [0.15, 0.2) is 30.5 Å². The topological polar surface area (TPSA) is 87.0 Å². The lowest BCUT2D eigenvalue weighted by atomic mass is 10.3. The van der Waals surface area contributed by atoms with E-state index < -0.39 is 4.92 Å². The van der Waals surface area contributed by atoms with Crippen LogP contribution in [0.5, 0.6) is 0 Å². The largest absolute Gasteiger partial charge is 0.382 e. The van der Waals surface area contributed by atoms with Gasteiger partial charge in [-0.15, -0.1) is 0 Å². The second kappa shape index (κ2) is 3.65. The normalized spacial score (nSPS) is 10.3. The van der Waals surface area contributed by atoms with Gasteiger partial charge in [-0.1, -0.05) is 0 Å². The van der Waals surface area contributed by atoms with E-state index in [1.807, 2.05) is 6.92 Å². The van der Waals surface area contributed by atoms with Crippen molar-refractivity contribution in [3.05, 3.63) is 46.1 Å². The number of aromatic nitrogens is 2. The lowest BCUT2D eigenvalue weighted by molar-refractivity contribution is -0.384. The highest BCUT2D eigenvalue weighted by molar-refractivity contribution is 5.44. The maximum Gasteiger partial charge on any atom is 0.269 e. The number of non-ortho nitro benzene ring substituents is 1. The highest BCUT2D eigenvalue weighted by Gasteiger charge is 2.06. The molecular weight excluding hydrogens is 208 g/mol. The molecule has 0 saturated heterocycles. The van der Waals surface area contributed by atoms with Gasteiger partial charge >= 0.3 is 0 Å². The second-order valence-electron chi connectivity index (χ2n) is 3.42. The third-order valence-electron chi connectivity index (χ3n) is 2.26. The summed E-state index contributed by atoms with van der Waals surface area (Å²) in [7, 11) is 0. The Bertz CT molecular complexity index is 511. The van der Waals surface area contributed by atoms with Crippen LogP contribution in [-0.4, -0.2) is 14.7 Å². The first-order valence-electron chi connectivity index (χ1n) is 4.64. The minimum absolute atomic E-state index is 0.0561. The molecule has 0 radical (unpaired) electrons. The number of nitrogens with two attached hydrogens (primary N) is 1. The summed E-state index contributed by atoms with van der Waals surface area (Å²) in [4.78, 5) is 10.0. The fraction of sp³-hybridized carbons (Fsp3) is 0.100. The van der Waals surface area contributed by atoms with Crippen LogP contribution in [0.2, 0.25) is 0 Å². The van der Waals surface area contributed by atoms with Gasteiger partial charge < -0.3 is 5.73 Å². The Morgan fingerprint density at radius 2 is 2.00 bits per heavy atom. The number of rotatable bonds is 2. The molecule has 0 spiro atoms. The van der Waals surface area contributed by atoms with Gasteiger partial charge in [0.2, 0.25) is 0 Å². The van der Waals surface area contributed by atoms with Gasteiger partial charge in [-0.25, -0.2) is 4.68 Å². The summed E-state index contributed by atoms with van der Waals surface area (Å²) >= 11 is 0. The van der Waals surface area contributed by atoms with E-state index in [0.29, 0.717) is 5.82 Å². The average Bonchev–Trinajstić information content (AvgIpc) is 2.59. The molecule has 0 fully saturated rings. The molecule has 1 aromatic carbocycles. The molecule has 82 valence electrons. The highest BCUT2D eigenvalue weighted by atomic mass is 16.6. The van der Waals surface area contributed by atoms with Gasteiger partial charge in [0.15, 0.2) is 0 Å². The minimum atomic E-state index is -0.438. The Morgan fingerprint density at radius 1 is 1.38 bits per heavy atom. The molecule has 0 bridgehead atoms. The van der Waals surface area contributed by atoms with Crippen molar-refractivity contribution >= 4 is 11.5 Å². The lowest BCUT2D eigenvalue weighted by Gasteiger charge is -1.99. The number of nitrogen functional groups attached to an aromatic ring is 1. The Labute approximate surface area is 91.5 Å². The maximum atomic E-state index is 10.5. The Hall–Kier alpha value is -2.37. The summed E-state index contributed by atoms with van der Waals surface area (Å²) in [6.45, 7) is 1.85. The summed E-state index contributed by atoms with van der Waals surface area (Å²) < 4.78 is 1.59. The first-order valence-corrected chi connectivity index (χ1v) is 4.64. The van der Waals surface area contributed by atoms with Crippen molar-refractivity contribution in [2.24, 2.45) is 0 Å². The molecule has 6 heteroatoms. The Morgan fingerprint density at radius 3 is 2.44 bits per heavy atom. The highest BCUT2D eigenvalue weighted by Crippen LogP contribution is 2.16. The fourth-order valence-corrected chi connectivity index (χ4v) is 1.33. The van der Waals surface area contributed by atoms with Gasteiger partial charge in [0.1, 0.15) is 5.82 Å². The molecule has 0 aliphatic heterocycles. The SMILES string of the molecule is Cc1cn(-c2ccc([N+](=O)[O-])cc2)nc1N. The first-order chi connectivity index (χ1) is 7.58. The molecular formula is C10H10N4O2. The fourth-order valence-electron chi connectivity index (χ4n) is 1.33. The maximum absolute atomic E-state index is 10.5. The van der Waals surface area contributed by atoms with Gasteiger partial charge in [0.05, 0.1) is 10.6 Å². The number of benzene rings is 1. The van der Waals surface area contributed by atoms with Crippen molar-refractivity contribution in [2.75, 3.05) is 5.73 Å². The second-order valence-corrected chi connectivity index (χ2v) is 3.42. The average molecular weight is 218 g/mol. The first kappa shape index (κ1) is 10.2. The lowest BCUT2D eigenvalue weighted by Crippen LogP contribution is -1.96. The van der Waals surface area contributed by atoms with Gasteiger partial charge in [-0.05, 0) is 19.1 Å². The standard InChI is InChI=1S/C10H10N4O2/c1-7-6-13(12-10(7)11)8-2-4-9(5-3-8)14(15)16/h2-6H,1H3,(H2,11,12). The third kappa shape index (κ3) is 1.72. The molecule has 2 aromatic rings. The van der Waals surface area contributed by atoms with Gasteiger partial charge in [0, 0.05) is 23.9 Å². The number of aryl methyl sites for hydroxylation is 1. The molecule has 0 atom stereocenters. The zero-order chi connectivity index (χ0) is 11.7. The van der Waals surface area contributed by atoms with Crippen molar-refractivity contribution in [1.82, 2.24) is 9.78 Å². The van der Waals surface area contributed by atoms with E-state index in [1.165, 1.54) is 12.1 Å². The van der Waals surface area contributed by atoms with E-state index in [1.54, 1.807) is 23.0 Å². The van der Waals surface area contributed by atoms with Crippen molar-refractivity contribution in [1.29, 1.82) is 0 Å². The zero-order valence-electron chi connectivity index (χ0n) is 8.62. The number of anilines is 1. The summed E-state index contributed by atoms with van der Waals surface area (Å²) in [5, 5.41) is 14.5. The molecule has 0 aliphatic carbocycles. The molecule has 0 saturated carbocycles. The van der Waals surface area contributed by atoms with Crippen LogP contribution in [0, 0.1) is 17.0 Å². The summed E-state index contributed by atoms with van der Waals surface area (Å²) in [6, 6.07) is 6.12. The quantitative estimate of drug-likeness (QED) is 0.613. The molecule has 0 amide bonds. The number of nitro benzene ring substituents is 1. The van der Waals surface area contributed by atoms with Crippen LogP contribution in [0.1, 0.15) is 5.56 Å². The number of hydrogen-bond donors (Lipinski definition) is 1. The van der Waals surface area contributed by atoms with E-state index in [-0.39, 0.29) is 5.69 Å². The number of hydrogen-bond acceptors (Lipinski definition) is 4. The smallest absolute Gasteiger partial charge is 0.269 e. The van der Waals surface area contributed by atoms with E-state index in [2.05, 4.69) is 5.10 Å². The van der Waals surface area contributed by atoms with Gasteiger partial charge in [-0.2, -0.15) is 5.10 Å². The molecule has 2 rings (SSSR count). The molecule has 0 unspecified atom stereocenters. The van der Waals surface area contributed by atoms with Crippen LogP contribution in [0.4, 0.5) is 11.5 Å². The predicted octanol–water partition coefficient (Wildman–Crippen LogP) is 1.67. The molecule has 1 aromatic heterocycles. The summed E-state index contributed by atoms with van der Waals surface area (Å²) in [5.41, 5.74) is 7.29. The van der Waals surface area contributed by atoms with E-state index in [9.17, 15) is 10.1 Å². The molecule has 6 nitrogen and oxygen atoms in total. The van der Waals surface area contributed by atoms with Crippen molar-refractivity contribution in [3.8, 4) is 5.69 Å². The van der Waals surface area contributed by atoms with Crippen LogP contribution in [0.3, 0.4) is 0 Å². The van der Waals surface area contributed by atoms with Crippen molar-refractivity contribution in [2.45, 2.75) is 6.92 Å². The Kier molecular flexibility index (Phi) is 2.32. The van der Waals surface area contributed by atoms with E-state index >= 15 is 0 Å². The van der Waals surface area contributed by atoms with Crippen LogP contribution < -0.4 is 5.73 Å². The van der Waals surface area contributed by atoms with Gasteiger partial charge in [-0.3, -0.25) is 10.1 Å². The number of nitrogens with zero attached hydrogens (tertiary/aromatic N) is 3. The zero-order valence-corrected chi connectivity index (χ0v) is 8.62. The third-order valence-corrected chi connectivity index (χ3v) is 2.26. The monoisotopic (exact) mass is 218 g/mol. The van der Waals surface area contributed by atoms with Crippen molar-refractivity contribution < 1.29 is 4.92 Å². The minimum Gasteiger partial charge on any atom is -0.382 e. The van der Waals surface area contributed by atoms with Gasteiger partial charge in [0.25, 0.3) is 5.69 Å². The summed E-state index contributed by atoms with van der Waals surface area (Å²) in [5.74, 6) is 0.457. The van der Waals surface area contributed by atoms with Crippen molar-refractivity contribution in [3.63, 3.8) is 0 Å². The van der Waals surface area contributed by atoms with Crippen LogP contribution in [-0.2, 0) is 0 Å². The molecule has 0 aliphatic rings. The molecule has 2 N–H and O–H groups in total. The number of nitro groups is 1. The molecule has 1 heterocycles. The predicted molar refractivity (Wildman–Crippen MR) is 59.4 cm³/mol. The van der Waals surface area contributed by atoms with E-state index in [4.69, 9.17) is 5.73 Å². The Balaban J connectivity index is 2.38. The molecule has 16 heavy (non-hydrogen) atoms.